The van der Waals surface area contributed by atoms with Crippen molar-refractivity contribution in [2.24, 2.45) is 0 Å². The van der Waals surface area contributed by atoms with Gasteiger partial charge in [-0.15, -0.1) is 0 Å². The standard InChI is InChI=1S/C26H19F4N3O3/c27-16-5-7-17(8-6-16)33-24(35)19-10-9-18(15-21(19)25(33)36)31-11-13-32(14-12-31)23(34)20-3-1-2-4-22(20)26(28,29)30/h1-10,15H,11-14H2. The number of fused-ring (bicyclic) bond motifs is 1. The highest BCUT2D eigenvalue weighted by atomic mass is 19.4. The Morgan fingerprint density at radius 2 is 1.36 bits per heavy atom. The second kappa shape index (κ2) is 8.78. The van der Waals surface area contributed by atoms with Gasteiger partial charge in [-0.1, -0.05) is 12.1 Å². The molecule has 0 saturated carbocycles. The van der Waals surface area contributed by atoms with Crippen molar-refractivity contribution in [1.29, 1.82) is 0 Å². The summed E-state index contributed by atoms with van der Waals surface area (Å²) in [6, 6.07) is 14.6. The molecule has 0 spiro atoms. The Bertz CT molecular complexity index is 1360. The van der Waals surface area contributed by atoms with E-state index in [-0.39, 0.29) is 35.5 Å². The Morgan fingerprint density at radius 3 is 2.03 bits per heavy atom. The topological polar surface area (TPSA) is 60.9 Å². The molecule has 0 N–H and O–H groups in total. The largest absolute Gasteiger partial charge is 0.417 e. The van der Waals surface area contributed by atoms with E-state index < -0.39 is 35.3 Å². The molecule has 1 fully saturated rings. The molecular weight excluding hydrogens is 478 g/mol. The predicted molar refractivity (Wildman–Crippen MR) is 124 cm³/mol. The normalized spacial score (nSPS) is 15.9. The van der Waals surface area contributed by atoms with Crippen LogP contribution in [-0.2, 0) is 6.18 Å². The van der Waals surface area contributed by atoms with Gasteiger partial charge >= 0.3 is 6.18 Å². The van der Waals surface area contributed by atoms with Crippen LogP contribution in [0.15, 0.2) is 66.7 Å². The van der Waals surface area contributed by atoms with Crippen LogP contribution in [0, 0.1) is 5.82 Å². The van der Waals surface area contributed by atoms with E-state index in [9.17, 15) is 31.9 Å². The summed E-state index contributed by atoms with van der Waals surface area (Å²) in [6.45, 7) is 1.05. The first-order chi connectivity index (χ1) is 17.1. The smallest absolute Gasteiger partial charge is 0.368 e. The molecule has 10 heteroatoms. The number of rotatable bonds is 3. The van der Waals surface area contributed by atoms with Crippen LogP contribution in [0.25, 0.3) is 0 Å². The number of piperazine rings is 1. The minimum absolute atomic E-state index is 0.191. The first-order valence-corrected chi connectivity index (χ1v) is 11.1. The first-order valence-electron chi connectivity index (χ1n) is 11.1. The maximum Gasteiger partial charge on any atom is 0.417 e. The molecule has 1 saturated heterocycles. The lowest BCUT2D eigenvalue weighted by atomic mass is 10.0. The van der Waals surface area contributed by atoms with Crippen molar-refractivity contribution in [3.8, 4) is 0 Å². The van der Waals surface area contributed by atoms with Crippen molar-refractivity contribution in [3.05, 3.63) is 94.8 Å². The van der Waals surface area contributed by atoms with Crippen LogP contribution in [0.5, 0.6) is 0 Å². The Morgan fingerprint density at radius 1 is 0.750 bits per heavy atom. The Labute approximate surface area is 203 Å². The van der Waals surface area contributed by atoms with Crippen LogP contribution in [-0.4, -0.2) is 48.8 Å². The van der Waals surface area contributed by atoms with Gasteiger partial charge in [-0.2, -0.15) is 13.2 Å². The fourth-order valence-corrected chi connectivity index (χ4v) is 4.51. The summed E-state index contributed by atoms with van der Waals surface area (Å²) >= 11 is 0. The SMILES string of the molecule is O=C(c1ccccc1C(F)(F)F)N1CCN(c2ccc3c(c2)C(=O)N(c2ccc(F)cc2)C3=O)CC1. The highest BCUT2D eigenvalue weighted by Crippen LogP contribution is 2.34. The van der Waals surface area contributed by atoms with Crippen molar-refractivity contribution in [2.45, 2.75) is 6.18 Å². The zero-order valence-electron chi connectivity index (χ0n) is 18.8. The van der Waals surface area contributed by atoms with Gasteiger partial charge in [0, 0.05) is 31.9 Å². The maximum absolute atomic E-state index is 13.3. The summed E-state index contributed by atoms with van der Waals surface area (Å²) in [6.07, 6.45) is -4.63. The Hall–Kier alpha value is -4.21. The maximum atomic E-state index is 13.3. The number of carbonyl (C=O) groups excluding carboxylic acids is 3. The molecule has 2 aliphatic heterocycles. The van der Waals surface area contributed by atoms with E-state index in [1.165, 1.54) is 35.2 Å². The summed E-state index contributed by atoms with van der Waals surface area (Å²) in [5.41, 5.74) is -0.00921. The number of imide groups is 1. The van der Waals surface area contributed by atoms with E-state index in [0.717, 1.165) is 23.1 Å². The third-order valence-corrected chi connectivity index (χ3v) is 6.35. The van der Waals surface area contributed by atoms with Crippen molar-refractivity contribution >= 4 is 29.1 Å². The molecule has 0 bridgehead atoms. The molecule has 36 heavy (non-hydrogen) atoms. The molecule has 0 unspecified atom stereocenters. The van der Waals surface area contributed by atoms with E-state index in [0.29, 0.717) is 18.8 Å². The molecule has 3 aromatic carbocycles. The van der Waals surface area contributed by atoms with Crippen LogP contribution in [0.4, 0.5) is 28.9 Å². The summed E-state index contributed by atoms with van der Waals surface area (Å²) in [5.74, 6) is -2.21. The van der Waals surface area contributed by atoms with E-state index in [1.54, 1.807) is 18.2 Å². The van der Waals surface area contributed by atoms with Crippen molar-refractivity contribution in [2.75, 3.05) is 36.0 Å². The third kappa shape index (κ3) is 4.08. The lowest BCUT2D eigenvalue weighted by Gasteiger charge is -2.36. The monoisotopic (exact) mass is 497 g/mol. The average Bonchev–Trinajstić information content (AvgIpc) is 3.13. The van der Waals surface area contributed by atoms with Crippen molar-refractivity contribution < 1.29 is 31.9 Å². The molecule has 2 heterocycles. The minimum Gasteiger partial charge on any atom is -0.368 e. The number of nitrogens with zero attached hydrogens (tertiary/aromatic N) is 3. The van der Waals surface area contributed by atoms with E-state index >= 15 is 0 Å². The Kier molecular flexibility index (Phi) is 5.74. The average molecular weight is 497 g/mol. The number of hydrogen-bond donors (Lipinski definition) is 0. The molecular formula is C26H19F4N3O3. The van der Waals surface area contributed by atoms with Crippen LogP contribution < -0.4 is 9.80 Å². The number of carbonyl (C=O) groups is 3. The third-order valence-electron chi connectivity index (χ3n) is 6.35. The fraction of sp³-hybridized carbons (Fsp3) is 0.192. The van der Waals surface area contributed by atoms with Gasteiger partial charge in [-0.05, 0) is 54.6 Å². The van der Waals surface area contributed by atoms with Crippen LogP contribution in [0.2, 0.25) is 0 Å². The Balaban J connectivity index is 1.31. The van der Waals surface area contributed by atoms with Gasteiger partial charge in [0.05, 0.1) is 27.9 Å². The molecule has 3 aromatic rings. The van der Waals surface area contributed by atoms with Crippen LogP contribution in [0.3, 0.4) is 0 Å². The highest BCUT2D eigenvalue weighted by Gasteiger charge is 2.38. The molecule has 6 nitrogen and oxygen atoms in total. The molecule has 184 valence electrons. The van der Waals surface area contributed by atoms with E-state index in [1.807, 2.05) is 4.90 Å². The van der Waals surface area contributed by atoms with Gasteiger partial charge in [-0.25, -0.2) is 9.29 Å². The van der Waals surface area contributed by atoms with Gasteiger partial charge in [0.15, 0.2) is 0 Å². The van der Waals surface area contributed by atoms with Crippen LogP contribution >= 0.6 is 0 Å². The molecule has 2 aliphatic rings. The predicted octanol–water partition coefficient (Wildman–Crippen LogP) is 4.61. The van der Waals surface area contributed by atoms with Gasteiger partial charge in [0.1, 0.15) is 5.82 Å². The summed E-state index contributed by atoms with van der Waals surface area (Å²) < 4.78 is 53.3. The molecule has 0 atom stereocenters. The minimum atomic E-state index is -4.63. The van der Waals surface area contributed by atoms with Gasteiger partial charge in [-0.3, -0.25) is 14.4 Å². The summed E-state index contributed by atoms with van der Waals surface area (Å²) in [7, 11) is 0. The second-order valence-corrected chi connectivity index (χ2v) is 8.47. The van der Waals surface area contributed by atoms with Gasteiger partial charge < -0.3 is 9.80 Å². The van der Waals surface area contributed by atoms with Gasteiger partial charge in [0.2, 0.25) is 0 Å². The molecule has 5 rings (SSSR count). The molecule has 0 radical (unpaired) electrons. The number of benzene rings is 3. The molecule has 0 aliphatic carbocycles. The number of hydrogen-bond acceptors (Lipinski definition) is 4. The number of anilines is 2. The lowest BCUT2D eigenvalue weighted by Crippen LogP contribution is -2.49. The van der Waals surface area contributed by atoms with E-state index in [4.69, 9.17) is 0 Å². The molecule has 3 amide bonds. The van der Waals surface area contributed by atoms with Gasteiger partial charge in [0.25, 0.3) is 17.7 Å². The summed E-state index contributed by atoms with van der Waals surface area (Å²) in [5, 5.41) is 0. The highest BCUT2D eigenvalue weighted by molar-refractivity contribution is 6.34. The van der Waals surface area contributed by atoms with Crippen LogP contribution in [0.1, 0.15) is 36.6 Å². The lowest BCUT2D eigenvalue weighted by molar-refractivity contribution is -0.138. The zero-order valence-corrected chi connectivity index (χ0v) is 18.8. The quantitative estimate of drug-likeness (QED) is 0.392. The second-order valence-electron chi connectivity index (χ2n) is 8.47. The van der Waals surface area contributed by atoms with E-state index in [2.05, 4.69) is 0 Å². The summed E-state index contributed by atoms with van der Waals surface area (Å²) in [4.78, 5) is 42.9. The number of amides is 3. The number of alkyl halides is 3. The first kappa shape index (κ1) is 23.5. The molecule has 0 aromatic heterocycles. The number of halogens is 4. The fourth-order valence-electron chi connectivity index (χ4n) is 4.51. The van der Waals surface area contributed by atoms with Crippen molar-refractivity contribution in [1.82, 2.24) is 4.90 Å². The van der Waals surface area contributed by atoms with Crippen molar-refractivity contribution in [3.63, 3.8) is 0 Å². The zero-order chi connectivity index (χ0) is 25.6.